The number of nitrogens with one attached hydrogen (secondary N) is 1. The van der Waals surface area contributed by atoms with Crippen LogP contribution in [0.2, 0.25) is 0 Å². The maximum Gasteiger partial charge on any atom is 0.146 e. The van der Waals surface area contributed by atoms with E-state index in [1.165, 1.54) is 5.56 Å². The van der Waals surface area contributed by atoms with Crippen LogP contribution in [0.1, 0.15) is 18.4 Å². The molecule has 2 N–H and O–H groups in total. The van der Waals surface area contributed by atoms with E-state index in [-0.39, 0.29) is 6.61 Å². The molecule has 0 saturated carbocycles. The number of nitrogens with zero attached hydrogens (tertiary/aromatic N) is 3. The zero-order chi connectivity index (χ0) is 24.0. The van der Waals surface area contributed by atoms with Gasteiger partial charge in [-0.25, -0.2) is 4.98 Å². The van der Waals surface area contributed by atoms with Gasteiger partial charge in [-0.1, -0.05) is 91.0 Å². The maximum atomic E-state index is 9.22. The van der Waals surface area contributed by atoms with Gasteiger partial charge < -0.3 is 14.2 Å². The largest absolute Gasteiger partial charge is 0.396 e. The topological polar surface area (TPSA) is 66.8 Å². The molecule has 0 amide bonds. The van der Waals surface area contributed by atoms with Crippen LogP contribution in [0.4, 0.5) is 0 Å². The molecule has 5 aromatic rings. The second kappa shape index (κ2) is 10.5. The number of aliphatic hydroxyl groups excluding tert-OH is 1. The van der Waals surface area contributed by atoms with Gasteiger partial charge in [-0.2, -0.15) is 0 Å². The normalized spacial score (nSPS) is 11.2. The van der Waals surface area contributed by atoms with Crippen LogP contribution < -0.4 is 5.49 Å². The highest BCUT2D eigenvalue weighted by molar-refractivity contribution is 6.02. The van der Waals surface area contributed by atoms with Crippen LogP contribution in [0.25, 0.3) is 33.4 Å². The molecule has 0 unspecified atom stereocenters. The molecule has 0 aliphatic heterocycles. The van der Waals surface area contributed by atoms with Crippen molar-refractivity contribution in [3.8, 4) is 22.4 Å². The Bertz CT molecular complexity index is 1460. The van der Waals surface area contributed by atoms with Gasteiger partial charge in [0, 0.05) is 25.3 Å². The first kappa shape index (κ1) is 22.8. The predicted molar refractivity (Wildman–Crippen MR) is 141 cm³/mol. The van der Waals surface area contributed by atoms with Gasteiger partial charge in [-0.15, -0.1) is 0 Å². The minimum absolute atomic E-state index is 0.160. The molecule has 0 atom stereocenters. The highest BCUT2D eigenvalue weighted by Crippen LogP contribution is 2.39. The number of hydrogen-bond donors (Lipinski definition) is 2. The summed E-state index contributed by atoms with van der Waals surface area (Å²) < 4.78 is 4.19. The van der Waals surface area contributed by atoms with Crippen molar-refractivity contribution in [3.63, 3.8) is 0 Å². The lowest BCUT2D eigenvalue weighted by Gasteiger charge is -2.13. The molecule has 0 aliphatic carbocycles. The van der Waals surface area contributed by atoms with E-state index < -0.39 is 0 Å². The van der Waals surface area contributed by atoms with Crippen LogP contribution in [0, 0.1) is 5.41 Å². The summed E-state index contributed by atoms with van der Waals surface area (Å²) in [5.41, 5.74) is 6.91. The third-order valence-electron chi connectivity index (χ3n) is 6.46. The van der Waals surface area contributed by atoms with Crippen molar-refractivity contribution in [2.45, 2.75) is 32.4 Å². The van der Waals surface area contributed by atoms with Gasteiger partial charge in [0.25, 0.3) is 0 Å². The van der Waals surface area contributed by atoms with Crippen molar-refractivity contribution in [1.82, 2.24) is 14.1 Å². The molecule has 176 valence electrons. The summed E-state index contributed by atoms with van der Waals surface area (Å²) in [5.74, 6) is 0. The Morgan fingerprint density at radius 3 is 2.03 bits per heavy atom. The van der Waals surface area contributed by atoms with Crippen molar-refractivity contribution in [2.24, 2.45) is 0 Å². The molecule has 5 nitrogen and oxygen atoms in total. The average Bonchev–Trinajstić information content (AvgIpc) is 3.25. The van der Waals surface area contributed by atoms with E-state index in [0.717, 1.165) is 52.8 Å². The second-order valence-electron chi connectivity index (χ2n) is 8.76. The first-order valence-electron chi connectivity index (χ1n) is 12.2. The third kappa shape index (κ3) is 4.68. The van der Waals surface area contributed by atoms with Gasteiger partial charge in [0.1, 0.15) is 11.1 Å². The molecule has 0 bridgehead atoms. The van der Waals surface area contributed by atoms with E-state index in [2.05, 4.69) is 65.2 Å². The number of aromatic nitrogens is 3. The molecule has 3 aromatic carbocycles. The van der Waals surface area contributed by atoms with Crippen LogP contribution in [-0.4, -0.2) is 25.8 Å². The lowest BCUT2D eigenvalue weighted by molar-refractivity contribution is 0.280. The minimum atomic E-state index is 0.160. The summed E-state index contributed by atoms with van der Waals surface area (Å²) in [6, 6.07) is 31.3. The molecule has 35 heavy (non-hydrogen) atoms. The number of benzene rings is 3. The number of hydrogen-bond acceptors (Lipinski definition) is 3. The molecule has 0 aliphatic rings. The SMILES string of the molecule is N=c1c2c(-c3ccccc3)c(-c3ccccc3)n(CCc3ccccc3)c2ncn1CCCCO. The standard InChI is InChI=1S/C30H30N4O/c31-29-27-26(24-14-6-2-7-15-24)28(25-16-8-3-9-17-25)34(20-18-23-12-4-1-5-13-23)30(27)32-22-33(29)19-10-11-21-35/h1-9,12-17,22,31,35H,10-11,18-21H2. The van der Waals surface area contributed by atoms with Crippen molar-refractivity contribution >= 4 is 11.0 Å². The first-order chi connectivity index (χ1) is 17.3. The van der Waals surface area contributed by atoms with Crippen molar-refractivity contribution in [1.29, 1.82) is 5.41 Å². The van der Waals surface area contributed by atoms with Crippen LogP contribution >= 0.6 is 0 Å². The molecule has 2 aromatic heterocycles. The number of aryl methyl sites for hydroxylation is 3. The molecule has 5 rings (SSSR count). The summed E-state index contributed by atoms with van der Waals surface area (Å²) in [5, 5.41) is 19.3. The lowest BCUT2D eigenvalue weighted by atomic mass is 9.99. The Balaban J connectivity index is 1.76. The smallest absolute Gasteiger partial charge is 0.146 e. The van der Waals surface area contributed by atoms with E-state index in [1.807, 2.05) is 34.9 Å². The van der Waals surface area contributed by atoms with Crippen molar-refractivity contribution in [3.05, 3.63) is 108 Å². The van der Waals surface area contributed by atoms with E-state index in [0.29, 0.717) is 18.5 Å². The quantitative estimate of drug-likeness (QED) is 0.277. The average molecular weight is 463 g/mol. The molecule has 0 spiro atoms. The molecule has 5 heteroatoms. The Hall–Kier alpha value is -3.96. The Morgan fingerprint density at radius 1 is 0.743 bits per heavy atom. The molecule has 0 saturated heterocycles. The highest BCUT2D eigenvalue weighted by Gasteiger charge is 2.23. The summed E-state index contributed by atoms with van der Waals surface area (Å²) in [6.07, 6.45) is 4.17. The zero-order valence-electron chi connectivity index (χ0n) is 19.8. The third-order valence-corrected chi connectivity index (χ3v) is 6.46. The monoisotopic (exact) mass is 462 g/mol. The fourth-order valence-corrected chi connectivity index (χ4v) is 4.74. The maximum absolute atomic E-state index is 9.22. The number of fused-ring (bicyclic) bond motifs is 1. The van der Waals surface area contributed by atoms with Crippen LogP contribution in [0.15, 0.2) is 97.3 Å². The van der Waals surface area contributed by atoms with Crippen LogP contribution in [0.3, 0.4) is 0 Å². The number of aliphatic hydroxyl groups is 1. The van der Waals surface area contributed by atoms with Gasteiger partial charge in [0.05, 0.1) is 17.4 Å². The van der Waals surface area contributed by atoms with Gasteiger partial charge in [0.2, 0.25) is 0 Å². The van der Waals surface area contributed by atoms with Crippen molar-refractivity contribution < 1.29 is 5.11 Å². The van der Waals surface area contributed by atoms with Gasteiger partial charge in [-0.3, -0.25) is 5.41 Å². The molecule has 0 fully saturated rings. The highest BCUT2D eigenvalue weighted by atomic mass is 16.2. The first-order valence-corrected chi connectivity index (χ1v) is 12.2. The minimum Gasteiger partial charge on any atom is -0.396 e. The molecular formula is C30H30N4O. The van der Waals surface area contributed by atoms with Crippen molar-refractivity contribution in [2.75, 3.05) is 6.61 Å². The summed E-state index contributed by atoms with van der Waals surface area (Å²) >= 11 is 0. The summed E-state index contributed by atoms with van der Waals surface area (Å²) in [6.45, 7) is 1.58. The Kier molecular flexibility index (Phi) is 6.87. The number of unbranched alkanes of at least 4 members (excludes halogenated alkanes) is 1. The van der Waals surface area contributed by atoms with Gasteiger partial charge in [0.15, 0.2) is 0 Å². The van der Waals surface area contributed by atoms with Crippen LogP contribution in [-0.2, 0) is 19.5 Å². The number of rotatable bonds is 9. The summed E-state index contributed by atoms with van der Waals surface area (Å²) in [7, 11) is 0. The van der Waals surface area contributed by atoms with E-state index in [9.17, 15) is 10.5 Å². The van der Waals surface area contributed by atoms with Crippen LogP contribution in [0.5, 0.6) is 0 Å². The Labute approximate surface area is 205 Å². The fourth-order valence-electron chi connectivity index (χ4n) is 4.74. The predicted octanol–water partition coefficient (Wildman–Crippen LogP) is 5.67. The second-order valence-corrected chi connectivity index (χ2v) is 8.76. The van der Waals surface area contributed by atoms with E-state index >= 15 is 0 Å². The zero-order valence-corrected chi connectivity index (χ0v) is 19.8. The Morgan fingerprint density at radius 2 is 1.37 bits per heavy atom. The summed E-state index contributed by atoms with van der Waals surface area (Å²) in [4.78, 5) is 4.91. The fraction of sp³-hybridized carbons (Fsp3) is 0.200. The van der Waals surface area contributed by atoms with Gasteiger partial charge >= 0.3 is 0 Å². The lowest BCUT2D eigenvalue weighted by Crippen LogP contribution is -2.21. The molecular weight excluding hydrogens is 432 g/mol. The van der Waals surface area contributed by atoms with E-state index in [4.69, 9.17) is 4.98 Å². The molecule has 0 radical (unpaired) electrons. The van der Waals surface area contributed by atoms with Gasteiger partial charge in [-0.05, 0) is 36.0 Å². The van der Waals surface area contributed by atoms with E-state index in [1.54, 1.807) is 6.33 Å². The molecule has 2 heterocycles.